The number of likely N-dealkylation sites (N-methyl/N-ethyl adjacent to an activating group) is 1. The molecule has 2 amide bonds. The molecule has 0 atom stereocenters. The van der Waals surface area contributed by atoms with E-state index in [1.165, 1.54) is 0 Å². The van der Waals surface area contributed by atoms with Crippen LogP contribution in [0.2, 0.25) is 5.02 Å². The van der Waals surface area contributed by atoms with E-state index in [0.29, 0.717) is 16.4 Å². The van der Waals surface area contributed by atoms with Crippen molar-refractivity contribution >= 4 is 29.0 Å². The molecule has 1 heterocycles. The molecule has 2 aromatic rings. The lowest BCUT2D eigenvalue weighted by Gasteiger charge is -2.09. The average Bonchev–Trinajstić information content (AvgIpc) is 2.88. The van der Waals surface area contributed by atoms with E-state index in [0.717, 1.165) is 18.7 Å². The van der Waals surface area contributed by atoms with Gasteiger partial charge < -0.3 is 15.5 Å². The van der Waals surface area contributed by atoms with Crippen LogP contribution in [-0.2, 0) is 6.54 Å². The Kier molecular flexibility index (Phi) is 5.41. The number of hydrogen-bond acceptors (Lipinski definition) is 3. The number of nitrogens with one attached hydrogen (secondary N) is 2. The van der Waals surface area contributed by atoms with E-state index in [-0.39, 0.29) is 6.03 Å². The fourth-order valence-corrected chi connectivity index (χ4v) is 2.04. The van der Waals surface area contributed by atoms with Crippen LogP contribution >= 0.6 is 11.6 Å². The summed E-state index contributed by atoms with van der Waals surface area (Å²) in [6, 6.07) is 5.04. The second-order valence-electron chi connectivity index (χ2n) is 5.33. The zero-order valence-electron chi connectivity index (χ0n) is 12.9. The lowest BCUT2D eigenvalue weighted by atomic mass is 10.2. The van der Waals surface area contributed by atoms with Crippen molar-refractivity contribution in [2.45, 2.75) is 13.5 Å². The monoisotopic (exact) mass is 321 g/mol. The Bertz CT molecular complexity index is 653. The van der Waals surface area contributed by atoms with Crippen LogP contribution in [0, 0.1) is 6.92 Å². The molecule has 0 bridgehead atoms. The molecule has 2 rings (SSSR count). The van der Waals surface area contributed by atoms with Gasteiger partial charge >= 0.3 is 6.03 Å². The van der Waals surface area contributed by atoms with Crippen molar-refractivity contribution in [2.24, 2.45) is 0 Å². The van der Waals surface area contributed by atoms with Crippen molar-refractivity contribution in [1.29, 1.82) is 0 Å². The minimum atomic E-state index is -0.322. The third-order valence-electron chi connectivity index (χ3n) is 3.12. The fraction of sp³-hybridized carbons (Fsp3) is 0.333. The first-order valence-corrected chi connectivity index (χ1v) is 7.33. The van der Waals surface area contributed by atoms with Crippen LogP contribution < -0.4 is 10.6 Å². The summed E-state index contributed by atoms with van der Waals surface area (Å²) in [6.07, 6.45) is 3.42. The second-order valence-corrected chi connectivity index (χ2v) is 5.77. The molecule has 0 spiro atoms. The molecule has 1 aromatic carbocycles. The summed E-state index contributed by atoms with van der Waals surface area (Å²) in [7, 11) is 4.01. The fourth-order valence-electron chi connectivity index (χ4n) is 1.87. The summed E-state index contributed by atoms with van der Waals surface area (Å²) in [6.45, 7) is 3.56. The van der Waals surface area contributed by atoms with Gasteiger partial charge in [0.25, 0.3) is 0 Å². The van der Waals surface area contributed by atoms with Crippen LogP contribution in [0.3, 0.4) is 0 Å². The topological polar surface area (TPSA) is 62.2 Å². The number of halogens is 1. The van der Waals surface area contributed by atoms with Crippen LogP contribution in [0.4, 0.5) is 16.2 Å². The summed E-state index contributed by atoms with van der Waals surface area (Å²) in [5, 5.41) is 10.3. The second kappa shape index (κ2) is 7.29. The van der Waals surface area contributed by atoms with Crippen LogP contribution in [-0.4, -0.2) is 41.4 Å². The predicted octanol–water partition coefficient (Wildman–Crippen LogP) is 3.05. The molecule has 0 fully saturated rings. The van der Waals surface area contributed by atoms with E-state index in [2.05, 4.69) is 20.6 Å². The maximum Gasteiger partial charge on any atom is 0.323 e. The quantitative estimate of drug-likeness (QED) is 0.889. The first kappa shape index (κ1) is 16.3. The minimum Gasteiger partial charge on any atom is -0.308 e. The molecule has 0 saturated heterocycles. The van der Waals surface area contributed by atoms with E-state index in [1.807, 2.05) is 27.1 Å². The van der Waals surface area contributed by atoms with Crippen molar-refractivity contribution in [3.63, 3.8) is 0 Å². The first-order chi connectivity index (χ1) is 10.4. The van der Waals surface area contributed by atoms with Gasteiger partial charge in [0.1, 0.15) is 0 Å². The van der Waals surface area contributed by atoms with Crippen LogP contribution in [0.15, 0.2) is 30.6 Å². The Morgan fingerprint density at radius 1 is 1.36 bits per heavy atom. The van der Waals surface area contributed by atoms with Gasteiger partial charge in [-0.25, -0.2) is 4.79 Å². The number of hydrogen-bond donors (Lipinski definition) is 2. The van der Waals surface area contributed by atoms with Crippen molar-refractivity contribution in [3.8, 4) is 0 Å². The van der Waals surface area contributed by atoms with E-state index in [9.17, 15) is 4.79 Å². The summed E-state index contributed by atoms with van der Waals surface area (Å²) in [5.41, 5.74) is 2.28. The van der Waals surface area contributed by atoms with Gasteiger partial charge in [-0.05, 0) is 38.7 Å². The molecule has 1 aromatic heterocycles. The maximum absolute atomic E-state index is 12.0. The zero-order chi connectivity index (χ0) is 16.1. The number of carbonyl (C=O) groups is 1. The largest absolute Gasteiger partial charge is 0.323 e. The van der Waals surface area contributed by atoms with Gasteiger partial charge in [0.2, 0.25) is 0 Å². The van der Waals surface area contributed by atoms with Gasteiger partial charge in [-0.15, -0.1) is 0 Å². The van der Waals surface area contributed by atoms with Crippen LogP contribution in [0.1, 0.15) is 5.56 Å². The van der Waals surface area contributed by atoms with Crippen molar-refractivity contribution in [1.82, 2.24) is 14.7 Å². The molecule has 2 N–H and O–H groups in total. The van der Waals surface area contributed by atoms with Crippen molar-refractivity contribution < 1.29 is 4.79 Å². The number of benzene rings is 1. The van der Waals surface area contributed by atoms with Gasteiger partial charge in [0.05, 0.1) is 18.4 Å². The van der Waals surface area contributed by atoms with E-state index in [1.54, 1.807) is 29.2 Å². The number of rotatable bonds is 5. The van der Waals surface area contributed by atoms with Gasteiger partial charge in [-0.2, -0.15) is 5.10 Å². The number of aromatic nitrogens is 2. The normalized spacial score (nSPS) is 10.8. The summed E-state index contributed by atoms with van der Waals surface area (Å²) >= 11 is 5.94. The molecule has 0 aliphatic heterocycles. The highest BCUT2D eigenvalue weighted by Crippen LogP contribution is 2.20. The molecule has 22 heavy (non-hydrogen) atoms. The Labute approximate surface area is 135 Å². The number of amides is 2. The molecule has 0 aliphatic carbocycles. The third kappa shape index (κ3) is 4.75. The molecular formula is C15H20ClN5O. The van der Waals surface area contributed by atoms with Gasteiger partial charge in [0, 0.05) is 23.5 Å². The Morgan fingerprint density at radius 2 is 2.14 bits per heavy atom. The van der Waals surface area contributed by atoms with E-state index < -0.39 is 0 Å². The Hall–Kier alpha value is -2.05. The summed E-state index contributed by atoms with van der Waals surface area (Å²) in [5.74, 6) is 0. The summed E-state index contributed by atoms with van der Waals surface area (Å²) in [4.78, 5) is 14.1. The first-order valence-electron chi connectivity index (χ1n) is 6.95. The number of urea groups is 1. The predicted molar refractivity (Wildman–Crippen MR) is 89.6 cm³/mol. The number of anilines is 2. The van der Waals surface area contributed by atoms with Crippen molar-refractivity contribution in [2.75, 3.05) is 31.3 Å². The highest BCUT2D eigenvalue weighted by molar-refractivity contribution is 6.31. The van der Waals surface area contributed by atoms with E-state index in [4.69, 9.17) is 11.6 Å². The Balaban J connectivity index is 1.93. The van der Waals surface area contributed by atoms with Gasteiger partial charge in [-0.3, -0.25) is 4.68 Å². The smallest absolute Gasteiger partial charge is 0.308 e. The summed E-state index contributed by atoms with van der Waals surface area (Å²) < 4.78 is 1.79. The van der Waals surface area contributed by atoms with Gasteiger partial charge in [-0.1, -0.05) is 17.7 Å². The average molecular weight is 322 g/mol. The highest BCUT2D eigenvalue weighted by atomic mass is 35.5. The number of nitrogens with zero attached hydrogens (tertiary/aromatic N) is 3. The highest BCUT2D eigenvalue weighted by Gasteiger charge is 2.07. The molecule has 6 nitrogen and oxygen atoms in total. The Morgan fingerprint density at radius 3 is 2.86 bits per heavy atom. The number of carbonyl (C=O) groups excluding carboxylic acids is 1. The minimum absolute atomic E-state index is 0.322. The maximum atomic E-state index is 12.0. The van der Waals surface area contributed by atoms with Crippen LogP contribution in [0.25, 0.3) is 0 Å². The SMILES string of the molecule is Cc1ccc(Cl)cc1NC(=O)Nc1cnn(CCN(C)C)c1. The molecular weight excluding hydrogens is 302 g/mol. The molecule has 0 saturated carbocycles. The standard InChI is InChI=1S/C15H20ClN5O/c1-11-4-5-12(16)8-14(11)19-15(22)18-13-9-17-21(10-13)7-6-20(2)3/h4-5,8-10H,6-7H2,1-3H3,(H2,18,19,22). The molecule has 118 valence electrons. The molecule has 0 unspecified atom stereocenters. The lowest BCUT2D eigenvalue weighted by Crippen LogP contribution is -2.20. The van der Waals surface area contributed by atoms with Crippen molar-refractivity contribution in [3.05, 3.63) is 41.2 Å². The molecule has 0 radical (unpaired) electrons. The molecule has 7 heteroatoms. The molecule has 0 aliphatic rings. The lowest BCUT2D eigenvalue weighted by molar-refractivity contribution is 0.262. The van der Waals surface area contributed by atoms with Crippen LogP contribution in [0.5, 0.6) is 0 Å². The van der Waals surface area contributed by atoms with Gasteiger partial charge in [0.15, 0.2) is 0 Å². The number of aryl methyl sites for hydroxylation is 1. The third-order valence-corrected chi connectivity index (χ3v) is 3.35. The van der Waals surface area contributed by atoms with E-state index >= 15 is 0 Å². The zero-order valence-corrected chi connectivity index (χ0v) is 13.7.